The highest BCUT2D eigenvalue weighted by Gasteiger charge is 2.13. The van der Waals surface area contributed by atoms with Gasteiger partial charge in [-0.15, -0.1) is 11.3 Å². The molecule has 0 atom stereocenters. The van der Waals surface area contributed by atoms with Gasteiger partial charge in [-0.05, 0) is 32.4 Å². The standard InChI is InChI=1S/C11H19N3S/c1-2-5-12-11-13-8-10(15-11)9-14-6-3-4-7-14/h8H,2-7,9H2,1H3,(H,12,13). The molecule has 2 heterocycles. The summed E-state index contributed by atoms with van der Waals surface area (Å²) in [6.45, 7) is 6.80. The van der Waals surface area contributed by atoms with Crippen LogP contribution in [0, 0.1) is 0 Å². The first-order valence-corrected chi connectivity index (χ1v) is 6.61. The van der Waals surface area contributed by atoms with E-state index in [4.69, 9.17) is 0 Å². The van der Waals surface area contributed by atoms with Crippen LogP contribution in [0.1, 0.15) is 31.1 Å². The fraction of sp³-hybridized carbons (Fsp3) is 0.727. The highest BCUT2D eigenvalue weighted by atomic mass is 32.1. The molecule has 1 N–H and O–H groups in total. The summed E-state index contributed by atoms with van der Waals surface area (Å²) >= 11 is 1.80. The Morgan fingerprint density at radius 1 is 1.47 bits per heavy atom. The van der Waals surface area contributed by atoms with Crippen LogP contribution in [0.2, 0.25) is 0 Å². The Bertz CT molecular complexity index is 292. The van der Waals surface area contributed by atoms with E-state index in [1.54, 1.807) is 11.3 Å². The summed E-state index contributed by atoms with van der Waals surface area (Å²) in [5, 5.41) is 4.40. The predicted molar refractivity (Wildman–Crippen MR) is 65.4 cm³/mol. The Morgan fingerprint density at radius 3 is 3.00 bits per heavy atom. The lowest BCUT2D eigenvalue weighted by molar-refractivity contribution is 0.334. The number of nitrogens with one attached hydrogen (secondary N) is 1. The molecule has 1 aliphatic rings. The van der Waals surface area contributed by atoms with Gasteiger partial charge < -0.3 is 5.32 Å². The van der Waals surface area contributed by atoms with E-state index in [0.717, 1.165) is 24.6 Å². The van der Waals surface area contributed by atoms with Gasteiger partial charge in [-0.1, -0.05) is 6.92 Å². The molecule has 3 nitrogen and oxygen atoms in total. The Balaban J connectivity index is 1.83. The van der Waals surface area contributed by atoms with Gasteiger partial charge in [0.15, 0.2) is 5.13 Å². The number of rotatable bonds is 5. The molecule has 0 bridgehead atoms. The van der Waals surface area contributed by atoms with Crippen LogP contribution in [0.25, 0.3) is 0 Å². The number of hydrogen-bond donors (Lipinski definition) is 1. The van der Waals surface area contributed by atoms with Crippen molar-refractivity contribution in [2.24, 2.45) is 0 Å². The maximum absolute atomic E-state index is 4.38. The van der Waals surface area contributed by atoms with Crippen molar-refractivity contribution in [2.45, 2.75) is 32.7 Å². The van der Waals surface area contributed by atoms with Crippen molar-refractivity contribution in [3.8, 4) is 0 Å². The lowest BCUT2D eigenvalue weighted by atomic mass is 10.4. The normalized spacial score (nSPS) is 17.1. The molecule has 0 saturated carbocycles. The monoisotopic (exact) mass is 225 g/mol. The molecule has 0 amide bonds. The van der Waals surface area contributed by atoms with Crippen LogP contribution in [-0.2, 0) is 6.54 Å². The van der Waals surface area contributed by atoms with Gasteiger partial charge >= 0.3 is 0 Å². The molecule has 0 unspecified atom stereocenters. The summed E-state index contributed by atoms with van der Waals surface area (Å²) in [4.78, 5) is 8.27. The van der Waals surface area contributed by atoms with Gasteiger partial charge in [0, 0.05) is 24.2 Å². The molecule has 1 fully saturated rings. The van der Waals surface area contributed by atoms with E-state index in [9.17, 15) is 0 Å². The van der Waals surface area contributed by atoms with Crippen LogP contribution in [0.15, 0.2) is 6.20 Å². The van der Waals surface area contributed by atoms with E-state index in [1.165, 1.54) is 30.8 Å². The van der Waals surface area contributed by atoms with Crippen molar-refractivity contribution in [3.63, 3.8) is 0 Å². The zero-order chi connectivity index (χ0) is 10.5. The summed E-state index contributed by atoms with van der Waals surface area (Å²) in [7, 11) is 0. The van der Waals surface area contributed by atoms with E-state index < -0.39 is 0 Å². The lowest BCUT2D eigenvalue weighted by Gasteiger charge is -2.11. The molecule has 2 rings (SSSR count). The third-order valence-electron chi connectivity index (χ3n) is 2.66. The average Bonchev–Trinajstić information content (AvgIpc) is 2.87. The van der Waals surface area contributed by atoms with Crippen LogP contribution in [0.5, 0.6) is 0 Å². The molecule has 84 valence electrons. The van der Waals surface area contributed by atoms with Gasteiger partial charge in [-0.25, -0.2) is 4.98 Å². The quantitative estimate of drug-likeness (QED) is 0.834. The molecular weight excluding hydrogens is 206 g/mol. The first-order valence-electron chi connectivity index (χ1n) is 5.79. The average molecular weight is 225 g/mol. The SMILES string of the molecule is CCCNc1ncc(CN2CCCC2)s1. The molecule has 0 radical (unpaired) electrons. The molecule has 1 aromatic heterocycles. The lowest BCUT2D eigenvalue weighted by Crippen LogP contribution is -2.17. The predicted octanol–water partition coefficient (Wildman–Crippen LogP) is 2.56. The van der Waals surface area contributed by atoms with Crippen molar-refractivity contribution < 1.29 is 0 Å². The summed E-state index contributed by atoms with van der Waals surface area (Å²) < 4.78 is 0. The second kappa shape index (κ2) is 5.47. The fourth-order valence-electron chi connectivity index (χ4n) is 1.86. The fourth-order valence-corrected chi connectivity index (χ4v) is 2.74. The number of hydrogen-bond acceptors (Lipinski definition) is 4. The maximum atomic E-state index is 4.38. The maximum Gasteiger partial charge on any atom is 0.182 e. The molecule has 0 aromatic carbocycles. The van der Waals surface area contributed by atoms with Crippen molar-refractivity contribution >= 4 is 16.5 Å². The second-order valence-electron chi connectivity index (χ2n) is 4.04. The zero-order valence-corrected chi connectivity index (χ0v) is 10.1. The Labute approximate surface area is 95.5 Å². The third-order valence-corrected chi connectivity index (χ3v) is 3.60. The number of likely N-dealkylation sites (tertiary alicyclic amines) is 1. The Hall–Kier alpha value is -0.610. The van der Waals surface area contributed by atoms with Crippen LogP contribution in [-0.4, -0.2) is 29.5 Å². The zero-order valence-electron chi connectivity index (χ0n) is 9.33. The van der Waals surface area contributed by atoms with E-state index in [-0.39, 0.29) is 0 Å². The minimum absolute atomic E-state index is 1.02. The van der Waals surface area contributed by atoms with Gasteiger partial charge in [-0.3, -0.25) is 4.90 Å². The molecule has 4 heteroatoms. The summed E-state index contributed by atoms with van der Waals surface area (Å²) in [5.74, 6) is 0. The molecule has 0 aliphatic carbocycles. The van der Waals surface area contributed by atoms with Crippen LogP contribution in [0.4, 0.5) is 5.13 Å². The van der Waals surface area contributed by atoms with Gasteiger partial charge in [-0.2, -0.15) is 0 Å². The van der Waals surface area contributed by atoms with Gasteiger partial charge in [0.05, 0.1) is 0 Å². The highest BCUT2D eigenvalue weighted by molar-refractivity contribution is 7.15. The molecule has 0 spiro atoms. The Kier molecular flexibility index (Phi) is 3.97. The van der Waals surface area contributed by atoms with Crippen LogP contribution >= 0.6 is 11.3 Å². The van der Waals surface area contributed by atoms with Crippen LogP contribution < -0.4 is 5.32 Å². The minimum Gasteiger partial charge on any atom is -0.362 e. The second-order valence-corrected chi connectivity index (χ2v) is 5.16. The van der Waals surface area contributed by atoms with E-state index >= 15 is 0 Å². The highest BCUT2D eigenvalue weighted by Crippen LogP contribution is 2.21. The largest absolute Gasteiger partial charge is 0.362 e. The van der Waals surface area contributed by atoms with Gasteiger partial charge in [0.2, 0.25) is 0 Å². The third kappa shape index (κ3) is 3.18. The molecule has 1 aliphatic heterocycles. The number of thiazole rings is 1. The van der Waals surface area contributed by atoms with Crippen LogP contribution in [0.3, 0.4) is 0 Å². The molecule has 15 heavy (non-hydrogen) atoms. The number of anilines is 1. The summed E-state index contributed by atoms with van der Waals surface area (Å²) in [6.07, 6.45) is 5.89. The first-order chi connectivity index (χ1) is 7.38. The summed E-state index contributed by atoms with van der Waals surface area (Å²) in [5.41, 5.74) is 0. The number of nitrogens with zero attached hydrogens (tertiary/aromatic N) is 2. The smallest absolute Gasteiger partial charge is 0.182 e. The van der Waals surface area contributed by atoms with E-state index in [1.807, 2.05) is 6.20 Å². The van der Waals surface area contributed by atoms with Gasteiger partial charge in [0.25, 0.3) is 0 Å². The molecule has 1 aromatic rings. The Morgan fingerprint density at radius 2 is 2.27 bits per heavy atom. The van der Waals surface area contributed by atoms with Crippen molar-refractivity contribution in [3.05, 3.63) is 11.1 Å². The van der Waals surface area contributed by atoms with Crippen molar-refractivity contribution in [1.82, 2.24) is 9.88 Å². The van der Waals surface area contributed by atoms with E-state index in [0.29, 0.717) is 0 Å². The minimum atomic E-state index is 1.02. The van der Waals surface area contributed by atoms with E-state index in [2.05, 4.69) is 22.1 Å². The number of aromatic nitrogens is 1. The van der Waals surface area contributed by atoms with Crippen molar-refractivity contribution in [2.75, 3.05) is 25.0 Å². The van der Waals surface area contributed by atoms with Gasteiger partial charge in [0.1, 0.15) is 0 Å². The first kappa shape index (κ1) is 10.9. The summed E-state index contributed by atoms with van der Waals surface area (Å²) in [6, 6.07) is 0. The molecular formula is C11H19N3S. The van der Waals surface area contributed by atoms with Crippen molar-refractivity contribution in [1.29, 1.82) is 0 Å². The topological polar surface area (TPSA) is 28.2 Å². The molecule has 1 saturated heterocycles.